The van der Waals surface area contributed by atoms with Crippen molar-refractivity contribution < 1.29 is 9.59 Å². The largest absolute Gasteiger partial charge is 0.369 e. The Balaban J connectivity index is 1.45. The van der Waals surface area contributed by atoms with E-state index in [1.165, 1.54) is 5.69 Å². The Morgan fingerprint density at radius 2 is 1.62 bits per heavy atom. The van der Waals surface area contributed by atoms with E-state index in [1.54, 1.807) is 0 Å². The molecule has 0 radical (unpaired) electrons. The van der Waals surface area contributed by atoms with Crippen LogP contribution in [0.25, 0.3) is 0 Å². The van der Waals surface area contributed by atoms with E-state index in [0.717, 1.165) is 42.9 Å². The number of aryl methyl sites for hydroxylation is 2. The lowest BCUT2D eigenvalue weighted by molar-refractivity contribution is -0.136. The van der Waals surface area contributed by atoms with E-state index in [0.29, 0.717) is 18.7 Å². The van der Waals surface area contributed by atoms with Crippen LogP contribution in [0.15, 0.2) is 42.5 Å². The van der Waals surface area contributed by atoms with Gasteiger partial charge < -0.3 is 20.4 Å². The minimum Gasteiger partial charge on any atom is -0.369 e. The van der Waals surface area contributed by atoms with Gasteiger partial charge in [0.2, 0.25) is 0 Å². The molecule has 154 valence electrons. The van der Waals surface area contributed by atoms with Gasteiger partial charge in [0.15, 0.2) is 0 Å². The van der Waals surface area contributed by atoms with E-state index in [-0.39, 0.29) is 0 Å². The molecule has 0 bridgehead atoms. The standard InChI is InChI=1S/C23H30N4O2/c1-17-4-5-18(2)21(16-17)25-23(29)22(28)24-11-10-19-6-8-20(9-7-19)27-14-12-26(3)13-15-27/h4-9,16H,10-15H2,1-3H3,(H,24,28)(H,25,29). The van der Waals surface area contributed by atoms with Crippen molar-refractivity contribution in [3.8, 4) is 0 Å². The third kappa shape index (κ3) is 5.81. The Kier molecular flexibility index (Phi) is 6.88. The molecule has 0 aliphatic carbocycles. The summed E-state index contributed by atoms with van der Waals surface area (Å²) < 4.78 is 0. The Labute approximate surface area is 172 Å². The van der Waals surface area contributed by atoms with Gasteiger partial charge in [-0.25, -0.2) is 0 Å². The number of nitrogens with zero attached hydrogens (tertiary/aromatic N) is 2. The molecule has 2 aromatic rings. The van der Waals surface area contributed by atoms with Crippen LogP contribution in [-0.4, -0.2) is 56.5 Å². The molecule has 0 unspecified atom stereocenters. The van der Waals surface area contributed by atoms with Crippen LogP contribution in [-0.2, 0) is 16.0 Å². The fraction of sp³-hybridized carbons (Fsp3) is 0.391. The van der Waals surface area contributed by atoms with Gasteiger partial charge in [0.05, 0.1) is 0 Å². The lowest BCUT2D eigenvalue weighted by Crippen LogP contribution is -2.44. The van der Waals surface area contributed by atoms with E-state index in [4.69, 9.17) is 0 Å². The number of amides is 2. The number of carbonyl (C=O) groups excluding carboxylic acids is 2. The van der Waals surface area contributed by atoms with Crippen LogP contribution >= 0.6 is 0 Å². The van der Waals surface area contributed by atoms with E-state index in [1.807, 2.05) is 32.0 Å². The van der Waals surface area contributed by atoms with Crippen LogP contribution in [0.4, 0.5) is 11.4 Å². The Morgan fingerprint density at radius 3 is 2.31 bits per heavy atom. The molecule has 3 rings (SSSR count). The number of piperazine rings is 1. The monoisotopic (exact) mass is 394 g/mol. The topological polar surface area (TPSA) is 64.7 Å². The SMILES string of the molecule is Cc1ccc(C)c(NC(=O)C(=O)NCCc2ccc(N3CCN(C)CC3)cc2)c1. The van der Waals surface area contributed by atoms with Crippen LogP contribution in [0, 0.1) is 13.8 Å². The number of rotatable bonds is 5. The molecule has 0 saturated carbocycles. The average Bonchev–Trinajstić information content (AvgIpc) is 2.72. The molecular formula is C23H30N4O2. The molecule has 6 heteroatoms. The quantitative estimate of drug-likeness (QED) is 0.764. The van der Waals surface area contributed by atoms with Crippen molar-refractivity contribution in [2.24, 2.45) is 0 Å². The lowest BCUT2D eigenvalue weighted by atomic mass is 10.1. The summed E-state index contributed by atoms with van der Waals surface area (Å²) in [5.41, 5.74) is 5.00. The highest BCUT2D eigenvalue weighted by Gasteiger charge is 2.15. The van der Waals surface area contributed by atoms with Crippen LogP contribution in [0.1, 0.15) is 16.7 Å². The zero-order valence-corrected chi connectivity index (χ0v) is 17.5. The molecule has 6 nitrogen and oxygen atoms in total. The second kappa shape index (κ2) is 9.56. The highest BCUT2D eigenvalue weighted by Crippen LogP contribution is 2.18. The van der Waals surface area contributed by atoms with E-state index in [9.17, 15) is 9.59 Å². The van der Waals surface area contributed by atoms with Gasteiger partial charge in [-0.15, -0.1) is 0 Å². The maximum atomic E-state index is 12.1. The van der Waals surface area contributed by atoms with Crippen molar-refractivity contribution in [3.63, 3.8) is 0 Å². The van der Waals surface area contributed by atoms with E-state index >= 15 is 0 Å². The summed E-state index contributed by atoms with van der Waals surface area (Å²) in [5.74, 6) is -1.25. The first-order valence-electron chi connectivity index (χ1n) is 10.1. The molecule has 0 spiro atoms. The van der Waals surface area contributed by atoms with Gasteiger partial charge in [-0.1, -0.05) is 24.3 Å². The van der Waals surface area contributed by atoms with Crippen LogP contribution in [0.5, 0.6) is 0 Å². The third-order valence-corrected chi connectivity index (χ3v) is 5.35. The summed E-state index contributed by atoms with van der Waals surface area (Å²) in [6.07, 6.45) is 0.686. The number of carbonyl (C=O) groups is 2. The number of anilines is 2. The molecule has 2 aromatic carbocycles. The zero-order chi connectivity index (χ0) is 20.8. The summed E-state index contributed by atoms with van der Waals surface area (Å²) in [5, 5.41) is 5.39. The first kappa shape index (κ1) is 20.9. The molecule has 0 aromatic heterocycles. The van der Waals surface area contributed by atoms with Crippen molar-refractivity contribution in [2.75, 3.05) is 50.0 Å². The minimum absolute atomic E-state index is 0.424. The summed E-state index contributed by atoms with van der Waals surface area (Å²) >= 11 is 0. The first-order valence-corrected chi connectivity index (χ1v) is 10.1. The molecule has 0 atom stereocenters. The summed E-state index contributed by atoms with van der Waals surface area (Å²) in [6.45, 7) is 8.52. The maximum Gasteiger partial charge on any atom is 0.313 e. The summed E-state index contributed by atoms with van der Waals surface area (Å²) in [7, 11) is 2.15. The van der Waals surface area contributed by atoms with E-state index < -0.39 is 11.8 Å². The molecule has 1 aliphatic rings. The molecule has 1 aliphatic heterocycles. The van der Waals surface area contributed by atoms with Crippen LogP contribution < -0.4 is 15.5 Å². The third-order valence-electron chi connectivity index (χ3n) is 5.35. The van der Waals surface area contributed by atoms with Gasteiger partial charge in [0.1, 0.15) is 0 Å². The van der Waals surface area contributed by atoms with E-state index in [2.05, 4.69) is 51.7 Å². The number of likely N-dealkylation sites (N-methyl/N-ethyl adjacent to an activating group) is 1. The van der Waals surface area contributed by atoms with Crippen molar-refractivity contribution in [1.29, 1.82) is 0 Å². The van der Waals surface area contributed by atoms with Crippen molar-refractivity contribution in [1.82, 2.24) is 10.2 Å². The second-order valence-corrected chi connectivity index (χ2v) is 7.74. The molecule has 29 heavy (non-hydrogen) atoms. The average molecular weight is 395 g/mol. The van der Waals surface area contributed by atoms with Crippen LogP contribution in [0.3, 0.4) is 0 Å². The fourth-order valence-corrected chi connectivity index (χ4v) is 3.39. The predicted octanol–water partition coefficient (Wildman–Crippen LogP) is 2.35. The van der Waals surface area contributed by atoms with Crippen LogP contribution in [0.2, 0.25) is 0 Å². The fourth-order valence-electron chi connectivity index (χ4n) is 3.39. The Morgan fingerprint density at radius 1 is 0.931 bits per heavy atom. The zero-order valence-electron chi connectivity index (χ0n) is 17.5. The number of benzene rings is 2. The number of hydrogen-bond donors (Lipinski definition) is 2. The second-order valence-electron chi connectivity index (χ2n) is 7.74. The van der Waals surface area contributed by atoms with Gasteiger partial charge >= 0.3 is 11.8 Å². The normalized spacial score (nSPS) is 14.5. The van der Waals surface area contributed by atoms with Crippen molar-refractivity contribution in [2.45, 2.75) is 20.3 Å². The van der Waals surface area contributed by atoms with Gasteiger partial charge in [-0.05, 0) is 62.2 Å². The summed E-state index contributed by atoms with van der Waals surface area (Å²) in [6, 6.07) is 14.2. The maximum absolute atomic E-state index is 12.1. The highest BCUT2D eigenvalue weighted by atomic mass is 16.2. The van der Waals surface area contributed by atoms with Crippen molar-refractivity contribution >= 4 is 23.2 Å². The van der Waals surface area contributed by atoms with Gasteiger partial charge in [-0.2, -0.15) is 0 Å². The molecule has 2 N–H and O–H groups in total. The highest BCUT2D eigenvalue weighted by molar-refractivity contribution is 6.39. The predicted molar refractivity (Wildman–Crippen MR) is 117 cm³/mol. The molecular weight excluding hydrogens is 364 g/mol. The Hall–Kier alpha value is -2.86. The number of hydrogen-bond acceptors (Lipinski definition) is 4. The first-order chi connectivity index (χ1) is 13.9. The number of nitrogens with one attached hydrogen (secondary N) is 2. The molecule has 1 saturated heterocycles. The van der Waals surface area contributed by atoms with Gasteiger partial charge in [0, 0.05) is 44.1 Å². The lowest BCUT2D eigenvalue weighted by Gasteiger charge is -2.34. The van der Waals surface area contributed by atoms with Gasteiger partial charge in [0.25, 0.3) is 0 Å². The smallest absolute Gasteiger partial charge is 0.313 e. The van der Waals surface area contributed by atoms with Gasteiger partial charge in [-0.3, -0.25) is 9.59 Å². The molecule has 1 fully saturated rings. The Bertz CT molecular complexity index is 856. The minimum atomic E-state index is -0.635. The molecule has 1 heterocycles. The summed E-state index contributed by atoms with van der Waals surface area (Å²) in [4.78, 5) is 28.9. The molecule has 2 amide bonds. The van der Waals surface area contributed by atoms with Crippen molar-refractivity contribution in [3.05, 3.63) is 59.2 Å².